The molecule has 0 unspecified atom stereocenters. The van der Waals surface area contributed by atoms with Crippen LogP contribution in [0.2, 0.25) is 10.0 Å². The van der Waals surface area contributed by atoms with Crippen molar-refractivity contribution in [1.82, 2.24) is 14.9 Å². The molecule has 6 nitrogen and oxygen atoms in total. The summed E-state index contributed by atoms with van der Waals surface area (Å²) in [5.41, 5.74) is 0.189. The Morgan fingerprint density at radius 3 is 2.62 bits per heavy atom. The largest absolute Gasteiger partial charge is 0.492 e. The zero-order valence-corrected chi connectivity index (χ0v) is 16.6. The van der Waals surface area contributed by atoms with Gasteiger partial charge in [0.2, 0.25) is 5.95 Å². The number of anilines is 1. The summed E-state index contributed by atoms with van der Waals surface area (Å²) in [7, 11) is 1.68. The molecule has 0 atom stereocenters. The molecule has 0 aliphatic carbocycles. The molecule has 26 heavy (non-hydrogen) atoms. The van der Waals surface area contributed by atoms with Crippen molar-refractivity contribution in [3.8, 4) is 5.75 Å². The predicted octanol–water partition coefficient (Wildman–Crippen LogP) is 3.78. The summed E-state index contributed by atoms with van der Waals surface area (Å²) in [5.74, 6) is 0.870. The highest BCUT2D eigenvalue weighted by Gasteiger charge is 2.19. The van der Waals surface area contributed by atoms with Crippen molar-refractivity contribution in [2.24, 2.45) is 0 Å². The molecule has 2 aromatic rings. The van der Waals surface area contributed by atoms with Gasteiger partial charge in [0, 0.05) is 25.2 Å². The van der Waals surface area contributed by atoms with Gasteiger partial charge in [-0.1, -0.05) is 29.3 Å². The summed E-state index contributed by atoms with van der Waals surface area (Å²) in [6.07, 6.45) is 1.46. The van der Waals surface area contributed by atoms with Crippen LogP contribution in [0, 0.1) is 0 Å². The monoisotopic (exact) mass is 396 g/mol. The predicted molar refractivity (Wildman–Crippen MR) is 105 cm³/mol. The molecule has 0 aliphatic heterocycles. The van der Waals surface area contributed by atoms with Crippen LogP contribution in [0.25, 0.3) is 0 Å². The molecule has 0 N–H and O–H groups in total. The van der Waals surface area contributed by atoms with Crippen molar-refractivity contribution >= 4 is 35.1 Å². The second kappa shape index (κ2) is 9.59. The van der Waals surface area contributed by atoms with Crippen molar-refractivity contribution in [1.29, 1.82) is 0 Å². The maximum Gasteiger partial charge on any atom is 0.274 e. The summed E-state index contributed by atoms with van der Waals surface area (Å²) < 4.78 is 5.62. The summed E-state index contributed by atoms with van der Waals surface area (Å²) in [6.45, 7) is 6.20. The van der Waals surface area contributed by atoms with Gasteiger partial charge in [0.1, 0.15) is 12.4 Å². The average Bonchev–Trinajstić information content (AvgIpc) is 2.63. The Morgan fingerprint density at radius 2 is 1.96 bits per heavy atom. The zero-order valence-electron chi connectivity index (χ0n) is 15.1. The molecule has 2 rings (SSSR count). The van der Waals surface area contributed by atoms with Crippen LogP contribution in [0.15, 0.2) is 30.5 Å². The Kier molecular flexibility index (Phi) is 7.48. The minimum Gasteiger partial charge on any atom is -0.492 e. The first-order valence-corrected chi connectivity index (χ1v) is 9.13. The van der Waals surface area contributed by atoms with Gasteiger partial charge < -0.3 is 14.5 Å². The Labute approximate surface area is 163 Å². The second-order valence-corrected chi connectivity index (χ2v) is 6.42. The molecule has 0 saturated carbocycles. The van der Waals surface area contributed by atoms with E-state index in [1.54, 1.807) is 19.2 Å². The van der Waals surface area contributed by atoms with E-state index in [4.69, 9.17) is 27.9 Å². The molecule has 0 aliphatic rings. The summed E-state index contributed by atoms with van der Waals surface area (Å²) in [5, 5.41) is 0.831. The number of amides is 1. The lowest BCUT2D eigenvalue weighted by molar-refractivity contribution is 0.0768. The molecule has 0 saturated heterocycles. The Bertz CT molecular complexity index is 754. The number of aromatic nitrogens is 2. The fraction of sp³-hybridized carbons (Fsp3) is 0.389. The number of ether oxygens (including phenoxy) is 1. The fourth-order valence-corrected chi connectivity index (χ4v) is 2.66. The number of rotatable bonds is 8. The molecule has 1 aromatic carbocycles. The molecule has 0 fully saturated rings. The van der Waals surface area contributed by atoms with Crippen molar-refractivity contribution < 1.29 is 9.53 Å². The van der Waals surface area contributed by atoms with Crippen LogP contribution in [0.4, 0.5) is 5.95 Å². The van der Waals surface area contributed by atoms with E-state index in [0.29, 0.717) is 29.9 Å². The summed E-state index contributed by atoms with van der Waals surface area (Å²) in [6, 6.07) is 7.11. The van der Waals surface area contributed by atoms with E-state index in [0.717, 1.165) is 13.1 Å². The lowest BCUT2D eigenvalue weighted by Crippen LogP contribution is -2.32. The number of hydrogen-bond donors (Lipinski definition) is 0. The molecule has 0 bridgehead atoms. The maximum absolute atomic E-state index is 12.7. The Hall–Kier alpha value is -2.05. The number of nitrogens with zero attached hydrogens (tertiary/aromatic N) is 4. The van der Waals surface area contributed by atoms with Gasteiger partial charge in [0.15, 0.2) is 5.69 Å². The van der Waals surface area contributed by atoms with Gasteiger partial charge in [-0.2, -0.15) is 0 Å². The first-order valence-electron chi connectivity index (χ1n) is 8.37. The third-order valence-electron chi connectivity index (χ3n) is 3.82. The van der Waals surface area contributed by atoms with Gasteiger partial charge in [-0.15, -0.1) is 0 Å². The van der Waals surface area contributed by atoms with Crippen LogP contribution < -0.4 is 9.64 Å². The number of hydrogen-bond acceptors (Lipinski definition) is 5. The van der Waals surface area contributed by atoms with Gasteiger partial charge in [-0.3, -0.25) is 4.79 Å². The van der Waals surface area contributed by atoms with Crippen LogP contribution in [0.3, 0.4) is 0 Å². The summed E-state index contributed by atoms with van der Waals surface area (Å²) >= 11 is 12.1. The van der Waals surface area contributed by atoms with E-state index in [-0.39, 0.29) is 16.6 Å². The minimum absolute atomic E-state index is 0.189. The number of benzene rings is 1. The van der Waals surface area contributed by atoms with Gasteiger partial charge in [-0.25, -0.2) is 9.97 Å². The molecule has 1 amide bonds. The maximum atomic E-state index is 12.7. The average molecular weight is 397 g/mol. The lowest BCUT2D eigenvalue weighted by atomic mass is 10.3. The van der Waals surface area contributed by atoms with Crippen molar-refractivity contribution in [3.05, 3.63) is 46.2 Å². The Morgan fingerprint density at radius 1 is 1.23 bits per heavy atom. The van der Waals surface area contributed by atoms with Crippen LogP contribution >= 0.6 is 23.2 Å². The van der Waals surface area contributed by atoms with E-state index in [9.17, 15) is 4.79 Å². The molecule has 1 aromatic heterocycles. The van der Waals surface area contributed by atoms with Crippen molar-refractivity contribution in [2.75, 3.05) is 38.2 Å². The first-order chi connectivity index (χ1) is 12.5. The number of carbonyl (C=O) groups excluding carboxylic acids is 1. The van der Waals surface area contributed by atoms with Gasteiger partial charge in [0.05, 0.1) is 17.8 Å². The van der Waals surface area contributed by atoms with Gasteiger partial charge >= 0.3 is 0 Å². The fourth-order valence-electron chi connectivity index (χ4n) is 2.31. The van der Waals surface area contributed by atoms with Gasteiger partial charge in [-0.05, 0) is 32.0 Å². The van der Waals surface area contributed by atoms with E-state index < -0.39 is 0 Å². The van der Waals surface area contributed by atoms with Crippen LogP contribution in [0.5, 0.6) is 5.75 Å². The molecule has 140 valence electrons. The molecule has 0 spiro atoms. The quantitative estimate of drug-likeness (QED) is 0.679. The van der Waals surface area contributed by atoms with E-state index in [1.165, 1.54) is 11.1 Å². The van der Waals surface area contributed by atoms with Crippen LogP contribution in [-0.2, 0) is 0 Å². The molecular formula is C18H22Cl2N4O2. The normalized spacial score (nSPS) is 10.5. The van der Waals surface area contributed by atoms with Crippen molar-refractivity contribution in [3.63, 3.8) is 0 Å². The molecule has 1 heterocycles. The molecule has 8 heteroatoms. The Balaban J connectivity index is 2.01. The third kappa shape index (κ3) is 5.22. The molecular weight excluding hydrogens is 375 g/mol. The van der Waals surface area contributed by atoms with E-state index in [1.807, 2.05) is 30.9 Å². The zero-order chi connectivity index (χ0) is 19.1. The minimum atomic E-state index is -0.277. The van der Waals surface area contributed by atoms with Crippen LogP contribution in [0.1, 0.15) is 24.3 Å². The highest BCUT2D eigenvalue weighted by atomic mass is 35.5. The molecule has 0 radical (unpaired) electrons. The van der Waals surface area contributed by atoms with Gasteiger partial charge in [0.25, 0.3) is 5.91 Å². The number of halogens is 2. The topological polar surface area (TPSA) is 58.6 Å². The van der Waals surface area contributed by atoms with Crippen molar-refractivity contribution in [2.45, 2.75) is 13.8 Å². The van der Waals surface area contributed by atoms with Crippen LogP contribution in [-0.4, -0.2) is 54.1 Å². The highest BCUT2D eigenvalue weighted by Crippen LogP contribution is 2.19. The lowest BCUT2D eigenvalue weighted by Gasteiger charge is -2.21. The van der Waals surface area contributed by atoms with E-state index in [2.05, 4.69) is 9.97 Å². The number of carbonyl (C=O) groups is 1. The second-order valence-electron chi connectivity index (χ2n) is 5.57. The van der Waals surface area contributed by atoms with E-state index >= 15 is 0 Å². The highest BCUT2D eigenvalue weighted by molar-refractivity contribution is 6.33. The summed E-state index contributed by atoms with van der Waals surface area (Å²) in [4.78, 5) is 24.7. The smallest absolute Gasteiger partial charge is 0.274 e. The SMILES string of the molecule is CCN(CC)c1ncc(Cl)c(C(=O)N(C)CCOc2cccc(Cl)c2)n1. The first kappa shape index (κ1) is 20.3. The standard InChI is InChI=1S/C18H22Cl2N4O2/c1-4-24(5-2)18-21-12-15(20)16(22-18)17(25)23(3)9-10-26-14-8-6-7-13(19)11-14/h6-8,11-12H,4-5,9-10H2,1-3H3. The number of likely N-dealkylation sites (N-methyl/N-ethyl adjacent to an activating group) is 1. The third-order valence-corrected chi connectivity index (χ3v) is 4.33.